The van der Waals surface area contributed by atoms with E-state index in [0.717, 1.165) is 73.4 Å². The Morgan fingerprint density at radius 3 is 1.17 bits per heavy atom. The van der Waals surface area contributed by atoms with Crippen LogP contribution in [0.4, 0.5) is 9.59 Å². The Kier molecular flexibility index (Phi) is 61.2. The molecule has 1 aromatic carbocycles. The van der Waals surface area contributed by atoms with Gasteiger partial charge in [-0.25, -0.2) is 9.59 Å². The molecule has 6 amide bonds. The second kappa shape index (κ2) is 61.4. The molecule has 15 N–H and O–H groups in total. The van der Waals surface area contributed by atoms with Crippen LogP contribution in [0.25, 0.3) is 0 Å². The number of aryl methyl sites for hydroxylation is 1. The topological polar surface area (TPSA) is 387 Å². The smallest absolute Gasteiger partial charge is 0.410 e. The predicted octanol–water partition coefficient (Wildman–Crippen LogP) is 14.8. The van der Waals surface area contributed by atoms with Crippen LogP contribution in [0.5, 0.6) is 0 Å². The van der Waals surface area contributed by atoms with E-state index in [1.54, 1.807) is 12.1 Å². The van der Waals surface area contributed by atoms with Crippen molar-refractivity contribution in [3.63, 3.8) is 0 Å². The molecule has 0 radical (unpaired) electrons. The molecular weight excluding hydrogens is 1370 g/mol. The highest BCUT2D eigenvalue weighted by Crippen LogP contribution is 2.33. The summed E-state index contributed by atoms with van der Waals surface area (Å²) < 4.78 is 40.3. The standard InChI is InChI=1S/C18H36N2O3Si.C17H35N3O3Si.C12H24N2O.C10H20O.C10H18O.C7H8O3S.C2H6N2O.C2H6.CH4/c1-15(12-16-8-6-5-7-9-16)13-20(14-17(19)21)18(22)23-10-11-24(2,3)4;1-24(2,3)10-9-23-17(22)20(13-16(19)21)12-15(18)11-14-7-5-4-6-8-14;1-10(8-14-9-12(13)15)7-11-5-3-2-4-6-11;2*1-9(8-11)7-10-5-3-2-4-6-10;1-6-2-4-7(5-3-6)11(8,9)10;3-1-2(4)5;1-2;/h15-16H,5-14H2,1-4H3,(H2,19,21);14-15H,4-13,18H2,1-3H3,(H2,19,21);10-11,14H,2-9H2,1H3,(H2,13,15);9-11H,2-8H2,1H3;8-10H,2-7H2,1H3;2-5H,1H3,(H,8,9,10);1,3H2,(H2,4,5);1-2H3;1H4/t2*15-;10-;2*9-;;;;/m00000..../s1. The summed E-state index contributed by atoms with van der Waals surface area (Å²) in [5.74, 6) is 4.16. The number of nitrogens with two attached hydrogens (primary N) is 6. The van der Waals surface area contributed by atoms with Crippen molar-refractivity contribution in [1.29, 1.82) is 0 Å². The van der Waals surface area contributed by atoms with E-state index in [4.69, 9.17) is 47.8 Å². The first kappa shape index (κ1) is 104. The van der Waals surface area contributed by atoms with Crippen molar-refractivity contribution in [2.45, 2.75) is 311 Å². The van der Waals surface area contributed by atoms with Crippen LogP contribution >= 0.6 is 0 Å². The van der Waals surface area contributed by atoms with Crippen molar-refractivity contribution >= 4 is 68.4 Å². The van der Waals surface area contributed by atoms with E-state index in [1.807, 2.05) is 27.7 Å². The summed E-state index contributed by atoms with van der Waals surface area (Å²) in [5, 5.41) is 12.0. The van der Waals surface area contributed by atoms with Gasteiger partial charge in [0.1, 0.15) is 19.4 Å². The summed E-state index contributed by atoms with van der Waals surface area (Å²) >= 11 is 0. The van der Waals surface area contributed by atoms with Gasteiger partial charge in [-0.1, -0.05) is 266 Å². The molecule has 1 aromatic rings. The van der Waals surface area contributed by atoms with Gasteiger partial charge in [0.2, 0.25) is 23.6 Å². The normalized spacial score (nSPS) is 17.4. The maximum Gasteiger partial charge on any atom is 0.410 e. The van der Waals surface area contributed by atoms with Crippen molar-refractivity contribution in [3.05, 3.63) is 29.8 Å². The van der Waals surface area contributed by atoms with E-state index in [-0.39, 0.29) is 49.8 Å². The zero-order valence-electron chi connectivity index (χ0n) is 67.0. The summed E-state index contributed by atoms with van der Waals surface area (Å²) in [4.78, 5) is 80.3. The average Bonchev–Trinajstić information content (AvgIpc) is 0.869. The molecule has 0 heterocycles. The van der Waals surface area contributed by atoms with Crippen LogP contribution in [-0.2, 0) is 43.6 Å². The number of benzene rings is 1. The van der Waals surface area contributed by atoms with Gasteiger partial charge in [-0.3, -0.25) is 33.5 Å². The van der Waals surface area contributed by atoms with Gasteiger partial charge in [-0.05, 0) is 117 Å². The van der Waals surface area contributed by atoms with Crippen LogP contribution < -0.4 is 39.7 Å². The fourth-order valence-electron chi connectivity index (χ4n) is 13.8. The number of hydrogen-bond acceptors (Lipinski definition) is 15. The molecule has 5 aliphatic carbocycles. The molecule has 104 heavy (non-hydrogen) atoms. The number of carbonyl (C=O) groups excluding carboxylic acids is 7. The highest BCUT2D eigenvalue weighted by atomic mass is 32.2. The number of carbonyl (C=O) groups is 7. The molecule has 0 spiro atoms. The molecule has 5 saturated carbocycles. The minimum atomic E-state index is -4.02. The van der Waals surface area contributed by atoms with E-state index >= 15 is 0 Å². The molecule has 5 aliphatic rings. The molecule has 5 fully saturated rings. The number of amides is 6. The van der Waals surface area contributed by atoms with Gasteiger partial charge < -0.3 is 59.1 Å². The largest absolute Gasteiger partial charge is 0.450 e. The summed E-state index contributed by atoms with van der Waals surface area (Å²) in [6.45, 7) is 30.9. The first-order valence-electron chi connectivity index (χ1n) is 39.7. The second-order valence-electron chi connectivity index (χ2n) is 32.7. The van der Waals surface area contributed by atoms with Gasteiger partial charge in [0.05, 0.1) is 31.2 Å². The van der Waals surface area contributed by atoms with E-state index in [9.17, 15) is 42.0 Å². The number of rotatable bonds is 32. The molecule has 0 aliphatic heterocycles. The van der Waals surface area contributed by atoms with E-state index < -0.39 is 56.2 Å². The van der Waals surface area contributed by atoms with Crippen molar-refractivity contribution in [3.8, 4) is 0 Å². The Balaban J connectivity index is -0.00000119. The highest BCUT2D eigenvalue weighted by Gasteiger charge is 2.27. The first-order valence-corrected chi connectivity index (χ1v) is 48.5. The lowest BCUT2D eigenvalue weighted by molar-refractivity contribution is -0.119. The van der Waals surface area contributed by atoms with Crippen LogP contribution in [0.3, 0.4) is 0 Å². The van der Waals surface area contributed by atoms with Crippen LogP contribution in [0.2, 0.25) is 51.4 Å². The van der Waals surface area contributed by atoms with Crippen LogP contribution in [0.1, 0.15) is 247 Å². The second-order valence-corrected chi connectivity index (χ2v) is 45.3. The third-order valence-electron chi connectivity index (χ3n) is 19.4. The summed E-state index contributed by atoms with van der Waals surface area (Å²) in [6.07, 6.45) is 39.7. The number of primary amides is 4. The van der Waals surface area contributed by atoms with Crippen molar-refractivity contribution in [1.82, 2.24) is 15.1 Å². The monoisotopic (exact) mass is 1530 g/mol. The molecule has 0 bridgehead atoms. The Morgan fingerprint density at radius 1 is 0.538 bits per heavy atom. The maximum absolute atomic E-state index is 12.3. The van der Waals surface area contributed by atoms with Gasteiger partial charge >= 0.3 is 12.2 Å². The average molecular weight is 1530 g/mol. The van der Waals surface area contributed by atoms with E-state index in [2.05, 4.69) is 71.1 Å². The Labute approximate surface area is 635 Å². The molecule has 25 heteroatoms. The van der Waals surface area contributed by atoms with E-state index in [1.165, 1.54) is 195 Å². The van der Waals surface area contributed by atoms with Gasteiger partial charge in [-0.15, -0.1) is 0 Å². The molecule has 5 atom stereocenters. The van der Waals surface area contributed by atoms with Gasteiger partial charge in [0.15, 0.2) is 0 Å². The van der Waals surface area contributed by atoms with Crippen molar-refractivity contribution in [2.75, 3.05) is 65.6 Å². The van der Waals surface area contributed by atoms with Crippen LogP contribution in [0.15, 0.2) is 29.2 Å². The number of nitrogens with one attached hydrogen (secondary N) is 1. The quantitative estimate of drug-likeness (QED) is 0.0184. The van der Waals surface area contributed by atoms with E-state index in [0.29, 0.717) is 63.1 Å². The van der Waals surface area contributed by atoms with Crippen LogP contribution in [-0.4, -0.2) is 158 Å². The number of aldehydes is 1. The highest BCUT2D eigenvalue weighted by molar-refractivity contribution is 7.85. The Bertz CT molecular complexity index is 2410. The molecule has 0 saturated heterocycles. The molecular formula is C79H157N9O13SSi2. The fourth-order valence-corrected chi connectivity index (χ4v) is 15.7. The lowest BCUT2D eigenvalue weighted by atomic mass is 9.83. The number of aliphatic hydroxyl groups is 1. The predicted molar refractivity (Wildman–Crippen MR) is 434 cm³/mol. The van der Waals surface area contributed by atoms with Gasteiger partial charge in [-0.2, -0.15) is 8.42 Å². The zero-order valence-corrected chi connectivity index (χ0v) is 69.8. The lowest BCUT2D eigenvalue weighted by Crippen LogP contribution is -2.46. The van der Waals surface area contributed by atoms with Crippen molar-refractivity contribution < 1.29 is 61.1 Å². The summed E-state index contributed by atoms with van der Waals surface area (Å²) in [6, 6.07) is 7.68. The zero-order chi connectivity index (χ0) is 78.4. The minimum Gasteiger partial charge on any atom is -0.450 e. The van der Waals surface area contributed by atoms with Gasteiger partial charge in [0, 0.05) is 47.8 Å². The van der Waals surface area contributed by atoms with Gasteiger partial charge in [0.25, 0.3) is 10.1 Å². The molecule has 610 valence electrons. The fraction of sp³-hybridized carbons (Fsp3) is 0.835. The third kappa shape index (κ3) is 61.5. The lowest BCUT2D eigenvalue weighted by Gasteiger charge is -2.28. The Hall–Kier alpha value is -4.51. The number of aliphatic hydroxyl groups excluding tert-OH is 1. The summed E-state index contributed by atoms with van der Waals surface area (Å²) in [7, 11) is -6.52. The van der Waals surface area contributed by atoms with Crippen molar-refractivity contribution in [2.24, 2.45) is 87.7 Å². The first-order chi connectivity index (χ1) is 48.4. The third-order valence-corrected chi connectivity index (χ3v) is 23.7. The molecule has 6 rings (SSSR count). The molecule has 22 nitrogen and oxygen atoms in total. The minimum absolute atomic E-state index is 0. The van der Waals surface area contributed by atoms with Crippen LogP contribution in [0, 0.1) is 60.2 Å². The Morgan fingerprint density at radius 2 is 0.865 bits per heavy atom. The summed E-state index contributed by atoms with van der Waals surface area (Å²) in [5.41, 5.74) is 32.0. The number of ether oxygens (including phenoxy) is 2. The number of hydrogen-bond donors (Lipinski definition) is 9. The molecule has 0 aromatic heterocycles. The number of nitrogens with zero attached hydrogens (tertiary/aromatic N) is 2. The maximum atomic E-state index is 12.3. The molecule has 0 unspecified atom stereocenters. The SMILES string of the molecule is C.CC.C[C@@H](CC1CCCCC1)CN(CC(N)=O)C(=O)OCC[Si](C)(C)C.C[C@H](C=O)CC1CCCCC1.C[C@H](CNCC(N)=O)CC1CCCCC1.C[C@H](CO)CC1CCCCC1.C[Si](C)(C)CCOC(=O)N(CC(N)=O)C[C@@H](N)CC1CCCCC1.Cc1ccc(S(=O)(=O)O)cc1.NCC(N)=O.